The smallest absolute Gasteiger partial charge is 0.241 e. The number of para-hydroxylation sites is 1. The van der Waals surface area contributed by atoms with E-state index in [1.807, 2.05) is 42.2 Å². The van der Waals surface area contributed by atoms with Crippen LogP contribution in [-0.2, 0) is 4.79 Å². The van der Waals surface area contributed by atoms with Crippen LogP contribution in [0.15, 0.2) is 30.3 Å². The molecule has 0 saturated heterocycles. The molecule has 1 aliphatic rings. The zero-order valence-electron chi connectivity index (χ0n) is 12.9. The fourth-order valence-electron chi connectivity index (χ4n) is 2.79. The Morgan fingerprint density at radius 2 is 2.00 bits per heavy atom. The van der Waals surface area contributed by atoms with Crippen LogP contribution in [0.1, 0.15) is 32.6 Å². The molecular formula is C17H26N2O2. The molecular weight excluding hydrogens is 264 g/mol. The highest BCUT2D eigenvalue weighted by Gasteiger charge is 2.27. The molecule has 1 N–H and O–H groups in total. The van der Waals surface area contributed by atoms with E-state index in [0.29, 0.717) is 19.1 Å². The molecule has 1 saturated carbocycles. The van der Waals surface area contributed by atoms with Crippen LogP contribution in [0.2, 0.25) is 0 Å². The molecule has 2 rings (SSSR count). The number of aliphatic hydroxyl groups is 1. The fraction of sp³-hybridized carbons (Fsp3) is 0.588. The van der Waals surface area contributed by atoms with Crippen molar-refractivity contribution in [3.05, 3.63) is 30.3 Å². The van der Waals surface area contributed by atoms with Gasteiger partial charge in [0.25, 0.3) is 0 Å². The lowest BCUT2D eigenvalue weighted by molar-refractivity contribution is -0.120. The van der Waals surface area contributed by atoms with Gasteiger partial charge in [0.15, 0.2) is 0 Å². The number of amides is 1. The molecule has 0 bridgehead atoms. The summed E-state index contributed by atoms with van der Waals surface area (Å²) in [5.41, 5.74) is 0.959. The first-order chi connectivity index (χ1) is 10.3. The van der Waals surface area contributed by atoms with E-state index in [9.17, 15) is 4.79 Å². The predicted octanol–water partition coefficient (Wildman–Crippen LogP) is 2.28. The topological polar surface area (TPSA) is 43.8 Å². The molecule has 4 heteroatoms. The molecule has 0 heterocycles. The molecule has 1 aromatic carbocycles. The van der Waals surface area contributed by atoms with Gasteiger partial charge in [0.2, 0.25) is 5.91 Å². The number of rotatable bonds is 8. The largest absolute Gasteiger partial charge is 0.396 e. The summed E-state index contributed by atoms with van der Waals surface area (Å²) in [6.45, 7) is 4.13. The molecule has 0 atom stereocenters. The Bertz CT molecular complexity index is 432. The Labute approximate surface area is 127 Å². The van der Waals surface area contributed by atoms with Crippen molar-refractivity contribution in [3.8, 4) is 0 Å². The average Bonchev–Trinajstić information content (AvgIpc) is 2.45. The van der Waals surface area contributed by atoms with Gasteiger partial charge in [-0.2, -0.15) is 0 Å². The normalized spacial score (nSPS) is 15.0. The lowest BCUT2D eigenvalue weighted by Crippen LogP contribution is -2.47. The summed E-state index contributed by atoms with van der Waals surface area (Å²) >= 11 is 0. The second-order valence-corrected chi connectivity index (χ2v) is 5.61. The minimum Gasteiger partial charge on any atom is -0.396 e. The van der Waals surface area contributed by atoms with E-state index in [2.05, 4.69) is 4.90 Å². The van der Waals surface area contributed by atoms with Crippen LogP contribution in [0, 0.1) is 0 Å². The van der Waals surface area contributed by atoms with Gasteiger partial charge in [0, 0.05) is 31.4 Å². The molecule has 4 nitrogen and oxygen atoms in total. The number of carbonyl (C=O) groups is 1. The zero-order chi connectivity index (χ0) is 15.1. The second-order valence-electron chi connectivity index (χ2n) is 5.61. The van der Waals surface area contributed by atoms with E-state index < -0.39 is 0 Å². The predicted molar refractivity (Wildman–Crippen MR) is 85.4 cm³/mol. The highest BCUT2D eigenvalue weighted by molar-refractivity contribution is 5.94. The van der Waals surface area contributed by atoms with E-state index in [1.54, 1.807) is 0 Å². The zero-order valence-corrected chi connectivity index (χ0v) is 12.9. The highest BCUT2D eigenvalue weighted by atomic mass is 16.3. The number of nitrogens with zero attached hydrogens (tertiary/aromatic N) is 2. The highest BCUT2D eigenvalue weighted by Crippen LogP contribution is 2.25. The van der Waals surface area contributed by atoms with E-state index in [1.165, 1.54) is 19.3 Å². The van der Waals surface area contributed by atoms with Gasteiger partial charge < -0.3 is 10.0 Å². The van der Waals surface area contributed by atoms with E-state index in [-0.39, 0.29) is 12.5 Å². The van der Waals surface area contributed by atoms with Crippen molar-refractivity contribution in [1.29, 1.82) is 0 Å². The first-order valence-electron chi connectivity index (χ1n) is 7.96. The number of hydrogen-bond acceptors (Lipinski definition) is 3. The summed E-state index contributed by atoms with van der Waals surface area (Å²) in [6.07, 6.45) is 4.35. The van der Waals surface area contributed by atoms with Gasteiger partial charge in [0.1, 0.15) is 0 Å². The van der Waals surface area contributed by atoms with E-state index in [0.717, 1.165) is 18.7 Å². The third-order valence-electron chi connectivity index (χ3n) is 4.22. The Hall–Kier alpha value is -1.39. The molecule has 1 aliphatic carbocycles. The van der Waals surface area contributed by atoms with Crippen LogP contribution in [0.5, 0.6) is 0 Å². The van der Waals surface area contributed by atoms with Crippen LogP contribution in [0.3, 0.4) is 0 Å². The molecule has 1 fully saturated rings. The molecule has 0 aliphatic heterocycles. The third kappa shape index (κ3) is 4.29. The molecule has 0 radical (unpaired) electrons. The summed E-state index contributed by atoms with van der Waals surface area (Å²) in [5, 5.41) is 9.03. The van der Waals surface area contributed by atoms with Crippen LogP contribution >= 0.6 is 0 Å². The Balaban J connectivity index is 1.99. The van der Waals surface area contributed by atoms with E-state index in [4.69, 9.17) is 5.11 Å². The molecule has 0 spiro atoms. The van der Waals surface area contributed by atoms with Gasteiger partial charge >= 0.3 is 0 Å². The van der Waals surface area contributed by atoms with Crippen molar-refractivity contribution in [2.45, 2.75) is 38.6 Å². The number of hydrogen-bond donors (Lipinski definition) is 1. The van der Waals surface area contributed by atoms with Crippen molar-refractivity contribution in [1.82, 2.24) is 4.90 Å². The first-order valence-corrected chi connectivity index (χ1v) is 7.96. The minimum atomic E-state index is 0.147. The van der Waals surface area contributed by atoms with Gasteiger partial charge in [0.05, 0.1) is 6.54 Å². The summed E-state index contributed by atoms with van der Waals surface area (Å²) in [7, 11) is 0. The molecule has 116 valence electrons. The van der Waals surface area contributed by atoms with Crippen LogP contribution in [0.25, 0.3) is 0 Å². The fourth-order valence-corrected chi connectivity index (χ4v) is 2.79. The maximum absolute atomic E-state index is 12.6. The number of benzene rings is 1. The SMILES string of the molecule is CCN(C(=O)CN(CCCO)C1CCC1)c1ccccc1. The van der Waals surface area contributed by atoms with Gasteiger partial charge in [-0.1, -0.05) is 24.6 Å². The van der Waals surface area contributed by atoms with Crippen molar-refractivity contribution in [3.63, 3.8) is 0 Å². The second kappa shape index (κ2) is 8.15. The Morgan fingerprint density at radius 1 is 1.29 bits per heavy atom. The Morgan fingerprint density at radius 3 is 2.52 bits per heavy atom. The van der Waals surface area contributed by atoms with Crippen LogP contribution in [0.4, 0.5) is 5.69 Å². The first kappa shape index (κ1) is 16.0. The summed E-state index contributed by atoms with van der Waals surface area (Å²) < 4.78 is 0. The monoisotopic (exact) mass is 290 g/mol. The third-order valence-corrected chi connectivity index (χ3v) is 4.22. The lowest BCUT2D eigenvalue weighted by atomic mass is 9.91. The quantitative estimate of drug-likeness (QED) is 0.799. The molecule has 1 amide bonds. The van der Waals surface area contributed by atoms with Gasteiger partial charge in [-0.15, -0.1) is 0 Å². The summed E-state index contributed by atoms with van der Waals surface area (Å²) in [5.74, 6) is 0.147. The average molecular weight is 290 g/mol. The lowest BCUT2D eigenvalue weighted by Gasteiger charge is -2.38. The number of carbonyl (C=O) groups excluding carboxylic acids is 1. The van der Waals surface area contributed by atoms with Gasteiger partial charge in [-0.3, -0.25) is 9.69 Å². The van der Waals surface area contributed by atoms with Gasteiger partial charge in [-0.25, -0.2) is 0 Å². The van der Waals surface area contributed by atoms with Crippen molar-refractivity contribution in [2.75, 3.05) is 31.1 Å². The van der Waals surface area contributed by atoms with Crippen molar-refractivity contribution < 1.29 is 9.90 Å². The summed E-state index contributed by atoms with van der Waals surface area (Å²) in [4.78, 5) is 16.7. The van der Waals surface area contributed by atoms with E-state index >= 15 is 0 Å². The van der Waals surface area contributed by atoms with Crippen molar-refractivity contribution in [2.24, 2.45) is 0 Å². The van der Waals surface area contributed by atoms with Crippen LogP contribution < -0.4 is 4.90 Å². The molecule has 21 heavy (non-hydrogen) atoms. The standard InChI is InChI=1S/C17H26N2O2/c1-2-19(16-8-4-3-5-9-16)17(21)14-18(12-7-13-20)15-10-6-11-15/h3-5,8-9,15,20H,2,6-7,10-14H2,1H3. The summed E-state index contributed by atoms with van der Waals surface area (Å²) in [6, 6.07) is 10.4. The Kier molecular flexibility index (Phi) is 6.21. The minimum absolute atomic E-state index is 0.147. The maximum Gasteiger partial charge on any atom is 0.241 e. The van der Waals surface area contributed by atoms with Crippen molar-refractivity contribution >= 4 is 11.6 Å². The van der Waals surface area contributed by atoms with Crippen LogP contribution in [-0.4, -0.2) is 48.2 Å². The number of likely N-dealkylation sites (N-methyl/N-ethyl adjacent to an activating group) is 1. The number of anilines is 1. The molecule has 0 aromatic heterocycles. The van der Waals surface area contributed by atoms with Gasteiger partial charge in [-0.05, 0) is 38.3 Å². The maximum atomic E-state index is 12.6. The molecule has 1 aromatic rings. The number of aliphatic hydroxyl groups excluding tert-OH is 1. The molecule has 0 unspecified atom stereocenters.